The molecule has 2 aromatic rings. The molecule has 3 N–H and O–H groups in total. The van der Waals surface area contributed by atoms with Crippen LogP contribution in [0.5, 0.6) is 5.75 Å². The topological polar surface area (TPSA) is 64.3 Å². The predicted octanol–water partition coefficient (Wildman–Crippen LogP) is 2.98. The summed E-state index contributed by atoms with van der Waals surface area (Å²) in [5.74, 6) is -0.228. The molecule has 0 heterocycles. The van der Waals surface area contributed by atoms with E-state index in [1.54, 1.807) is 31.2 Å². The van der Waals surface area contributed by atoms with Gasteiger partial charge in [0.15, 0.2) is 0 Å². The minimum Gasteiger partial charge on any atom is -0.497 e. The number of anilines is 2. The first kappa shape index (κ1) is 13.9. The van der Waals surface area contributed by atoms with Crippen molar-refractivity contribution in [3.05, 3.63) is 53.3 Å². The monoisotopic (exact) mass is 274 g/mol. The summed E-state index contributed by atoms with van der Waals surface area (Å²) >= 11 is 0. The summed E-state index contributed by atoms with van der Waals surface area (Å²) in [6, 6.07) is 8.98. The average Bonchev–Trinajstić information content (AvgIpc) is 2.42. The molecule has 4 nitrogen and oxygen atoms in total. The number of hydrogen-bond acceptors (Lipinski definition) is 3. The van der Waals surface area contributed by atoms with Gasteiger partial charge in [-0.2, -0.15) is 0 Å². The number of benzene rings is 2. The van der Waals surface area contributed by atoms with Crippen LogP contribution in [0.15, 0.2) is 36.4 Å². The Bertz CT molecular complexity index is 656. The third-order valence-corrected chi connectivity index (χ3v) is 2.95. The number of hydrogen-bond donors (Lipinski definition) is 2. The first-order valence-corrected chi connectivity index (χ1v) is 6.02. The molecule has 0 aliphatic carbocycles. The van der Waals surface area contributed by atoms with Gasteiger partial charge in [0.2, 0.25) is 0 Å². The molecule has 0 aliphatic heterocycles. The van der Waals surface area contributed by atoms with Gasteiger partial charge in [-0.05, 0) is 36.8 Å². The Morgan fingerprint density at radius 3 is 2.65 bits per heavy atom. The molecule has 1 amide bonds. The van der Waals surface area contributed by atoms with E-state index in [-0.39, 0.29) is 5.91 Å². The van der Waals surface area contributed by atoms with Crippen LogP contribution in [-0.2, 0) is 0 Å². The molecule has 0 spiro atoms. The normalized spacial score (nSPS) is 10.2. The van der Waals surface area contributed by atoms with Crippen LogP contribution >= 0.6 is 0 Å². The first-order chi connectivity index (χ1) is 9.51. The third-order valence-electron chi connectivity index (χ3n) is 2.95. The van der Waals surface area contributed by atoms with Crippen molar-refractivity contribution in [1.29, 1.82) is 0 Å². The molecule has 0 saturated carbocycles. The molecule has 2 aromatic carbocycles. The highest BCUT2D eigenvalue weighted by atomic mass is 19.1. The summed E-state index contributed by atoms with van der Waals surface area (Å²) in [6.45, 7) is 1.78. The third kappa shape index (κ3) is 2.88. The lowest BCUT2D eigenvalue weighted by atomic mass is 10.1. The Balaban J connectivity index is 2.26. The van der Waals surface area contributed by atoms with E-state index in [1.165, 1.54) is 19.2 Å². The molecule has 20 heavy (non-hydrogen) atoms. The zero-order chi connectivity index (χ0) is 14.7. The van der Waals surface area contributed by atoms with Crippen LogP contribution in [0.4, 0.5) is 15.8 Å². The molecule has 0 bridgehead atoms. The lowest BCUT2D eigenvalue weighted by Crippen LogP contribution is -2.15. The fraction of sp³-hybridized carbons (Fsp3) is 0.133. The summed E-state index contributed by atoms with van der Waals surface area (Å²) in [5, 5.41) is 2.65. The second-order valence-corrected chi connectivity index (χ2v) is 4.37. The smallest absolute Gasteiger partial charge is 0.257 e. The van der Waals surface area contributed by atoms with Crippen LogP contribution in [0.2, 0.25) is 0 Å². The van der Waals surface area contributed by atoms with Gasteiger partial charge < -0.3 is 15.8 Å². The maximum Gasteiger partial charge on any atom is 0.257 e. The molecule has 0 unspecified atom stereocenters. The van der Waals surface area contributed by atoms with E-state index in [0.717, 1.165) is 5.56 Å². The Hall–Kier alpha value is -2.56. The van der Waals surface area contributed by atoms with Crippen molar-refractivity contribution in [2.24, 2.45) is 0 Å². The number of nitrogen functional groups attached to an aromatic ring is 1. The molecule has 0 atom stereocenters. The molecule has 0 fully saturated rings. The highest BCUT2D eigenvalue weighted by Crippen LogP contribution is 2.22. The van der Waals surface area contributed by atoms with E-state index in [1.807, 2.05) is 0 Å². The van der Waals surface area contributed by atoms with Gasteiger partial charge in [0.25, 0.3) is 5.91 Å². The van der Waals surface area contributed by atoms with Gasteiger partial charge in [0.05, 0.1) is 12.7 Å². The SMILES string of the molecule is COc1ccc(C(=O)Nc2cc(F)ccc2C)c(N)c1. The van der Waals surface area contributed by atoms with Crippen LogP contribution in [0.3, 0.4) is 0 Å². The van der Waals surface area contributed by atoms with Gasteiger partial charge >= 0.3 is 0 Å². The Morgan fingerprint density at radius 2 is 2.00 bits per heavy atom. The number of halogens is 1. The molecule has 104 valence electrons. The summed E-state index contributed by atoms with van der Waals surface area (Å²) in [7, 11) is 1.52. The lowest BCUT2D eigenvalue weighted by molar-refractivity contribution is 0.102. The summed E-state index contributed by atoms with van der Waals surface area (Å²) in [4.78, 5) is 12.1. The van der Waals surface area contributed by atoms with Crippen molar-refractivity contribution in [2.75, 3.05) is 18.2 Å². The van der Waals surface area contributed by atoms with E-state index in [2.05, 4.69) is 5.32 Å². The van der Waals surface area contributed by atoms with Crippen LogP contribution in [0, 0.1) is 12.7 Å². The summed E-state index contributed by atoms with van der Waals surface area (Å²) in [6.07, 6.45) is 0. The van der Waals surface area contributed by atoms with Crippen molar-refractivity contribution in [1.82, 2.24) is 0 Å². The highest BCUT2D eigenvalue weighted by molar-refractivity contribution is 6.08. The number of carbonyl (C=O) groups is 1. The fourth-order valence-electron chi connectivity index (χ4n) is 1.79. The maximum absolute atomic E-state index is 13.2. The number of nitrogens with two attached hydrogens (primary N) is 1. The minimum absolute atomic E-state index is 0.302. The number of nitrogens with one attached hydrogen (secondary N) is 1. The zero-order valence-electron chi connectivity index (χ0n) is 11.2. The van der Waals surface area contributed by atoms with Crippen molar-refractivity contribution in [3.63, 3.8) is 0 Å². The maximum atomic E-state index is 13.2. The number of methoxy groups -OCH3 is 1. The van der Waals surface area contributed by atoms with E-state index in [0.29, 0.717) is 22.7 Å². The fourth-order valence-corrected chi connectivity index (χ4v) is 1.79. The van der Waals surface area contributed by atoms with Gasteiger partial charge in [-0.25, -0.2) is 4.39 Å². The standard InChI is InChI=1S/C15H15FN2O2/c1-9-3-4-10(16)7-14(9)18-15(19)12-6-5-11(20-2)8-13(12)17/h3-8H,17H2,1-2H3,(H,18,19). The minimum atomic E-state index is -0.409. The predicted molar refractivity (Wildman–Crippen MR) is 76.5 cm³/mol. The zero-order valence-corrected chi connectivity index (χ0v) is 11.2. The second-order valence-electron chi connectivity index (χ2n) is 4.37. The quantitative estimate of drug-likeness (QED) is 0.846. The second kappa shape index (κ2) is 5.61. The molecule has 0 radical (unpaired) electrons. The van der Waals surface area contributed by atoms with Gasteiger partial charge in [-0.15, -0.1) is 0 Å². The molecule has 2 rings (SSSR count). The summed E-state index contributed by atoms with van der Waals surface area (Å²) < 4.78 is 18.2. The molecular weight excluding hydrogens is 259 g/mol. The molecule has 0 saturated heterocycles. The van der Waals surface area contributed by atoms with Crippen LogP contribution < -0.4 is 15.8 Å². The van der Waals surface area contributed by atoms with Crippen molar-refractivity contribution in [2.45, 2.75) is 6.92 Å². The molecule has 0 aliphatic rings. The number of aryl methyl sites for hydroxylation is 1. The van der Waals surface area contributed by atoms with Crippen molar-refractivity contribution >= 4 is 17.3 Å². The Morgan fingerprint density at radius 1 is 1.25 bits per heavy atom. The van der Waals surface area contributed by atoms with Crippen LogP contribution in [0.1, 0.15) is 15.9 Å². The van der Waals surface area contributed by atoms with Gasteiger partial charge in [0, 0.05) is 17.4 Å². The highest BCUT2D eigenvalue weighted by Gasteiger charge is 2.12. The van der Waals surface area contributed by atoms with E-state index in [9.17, 15) is 9.18 Å². The average molecular weight is 274 g/mol. The number of ether oxygens (including phenoxy) is 1. The van der Waals surface area contributed by atoms with Crippen molar-refractivity contribution in [3.8, 4) is 5.75 Å². The summed E-state index contributed by atoms with van der Waals surface area (Å²) in [5.41, 5.74) is 7.61. The molecule has 5 heteroatoms. The molecule has 0 aromatic heterocycles. The number of amides is 1. The van der Waals surface area contributed by atoms with E-state index in [4.69, 9.17) is 10.5 Å². The van der Waals surface area contributed by atoms with Crippen molar-refractivity contribution < 1.29 is 13.9 Å². The Labute approximate surface area is 116 Å². The van der Waals surface area contributed by atoms with Crippen LogP contribution in [0.25, 0.3) is 0 Å². The molecular formula is C15H15FN2O2. The van der Waals surface area contributed by atoms with Gasteiger partial charge in [-0.1, -0.05) is 6.07 Å². The van der Waals surface area contributed by atoms with E-state index >= 15 is 0 Å². The van der Waals surface area contributed by atoms with Crippen LogP contribution in [-0.4, -0.2) is 13.0 Å². The first-order valence-electron chi connectivity index (χ1n) is 6.02. The number of rotatable bonds is 3. The van der Waals surface area contributed by atoms with Gasteiger partial charge in [-0.3, -0.25) is 4.79 Å². The van der Waals surface area contributed by atoms with Gasteiger partial charge in [0.1, 0.15) is 11.6 Å². The largest absolute Gasteiger partial charge is 0.497 e. The number of carbonyl (C=O) groups excluding carboxylic acids is 1. The lowest BCUT2D eigenvalue weighted by Gasteiger charge is -2.11. The van der Waals surface area contributed by atoms with E-state index < -0.39 is 5.82 Å². The Kier molecular flexibility index (Phi) is 3.89.